The molecule has 1 heterocycles. The van der Waals surface area contributed by atoms with Gasteiger partial charge >= 0.3 is 5.97 Å². The van der Waals surface area contributed by atoms with E-state index in [0.29, 0.717) is 11.2 Å². The summed E-state index contributed by atoms with van der Waals surface area (Å²) in [4.78, 5) is 15.3. The van der Waals surface area contributed by atoms with Crippen LogP contribution in [-0.2, 0) is 9.53 Å². The van der Waals surface area contributed by atoms with Crippen molar-refractivity contribution in [3.63, 3.8) is 0 Å². The molecule has 4 nitrogen and oxygen atoms in total. The van der Waals surface area contributed by atoms with Gasteiger partial charge in [-0.1, -0.05) is 38.5 Å². The van der Waals surface area contributed by atoms with E-state index in [1.54, 1.807) is 11.8 Å². The molecule has 1 atom stereocenters. The molecule has 0 aromatic carbocycles. The molecule has 0 radical (unpaired) electrons. The molecule has 0 amide bonds. The second-order valence-corrected chi connectivity index (χ2v) is 5.04. The summed E-state index contributed by atoms with van der Waals surface area (Å²) in [6, 6.07) is 0. The van der Waals surface area contributed by atoms with Gasteiger partial charge in [-0.2, -0.15) is 0 Å². The summed E-state index contributed by atoms with van der Waals surface area (Å²) in [5.74, 6) is 0.459. The fourth-order valence-corrected chi connectivity index (χ4v) is 3.09. The minimum Gasteiger partial charge on any atom is -0.468 e. The van der Waals surface area contributed by atoms with Gasteiger partial charge < -0.3 is 10.1 Å². The number of carbonyl (C=O) groups excluding carboxylic acids is 1. The number of rotatable bonds is 5. The number of hydrogen-bond acceptors (Lipinski definition) is 5. The van der Waals surface area contributed by atoms with E-state index in [1.165, 1.54) is 20.0 Å². The molecule has 16 heavy (non-hydrogen) atoms. The van der Waals surface area contributed by atoms with E-state index in [1.807, 2.05) is 0 Å². The van der Waals surface area contributed by atoms with Gasteiger partial charge in [-0.15, -0.1) is 0 Å². The Hall–Kier alpha value is -0.710. The summed E-state index contributed by atoms with van der Waals surface area (Å²) in [6.45, 7) is 5.50. The summed E-state index contributed by atoms with van der Waals surface area (Å²) in [6.07, 6.45) is 2.38. The fraction of sp³-hybridized carbons (Fsp3) is 0.818. The topological polar surface area (TPSA) is 50.7 Å². The molecule has 0 bridgehead atoms. The van der Waals surface area contributed by atoms with Crippen LogP contribution in [0.5, 0.6) is 0 Å². The van der Waals surface area contributed by atoms with Crippen LogP contribution in [0.1, 0.15) is 26.7 Å². The Morgan fingerprint density at radius 1 is 1.62 bits per heavy atom. The quantitative estimate of drug-likeness (QED) is 0.747. The van der Waals surface area contributed by atoms with Crippen LogP contribution in [0.3, 0.4) is 0 Å². The van der Waals surface area contributed by atoms with Crippen LogP contribution in [0.4, 0.5) is 0 Å². The van der Waals surface area contributed by atoms with E-state index in [4.69, 9.17) is 0 Å². The third kappa shape index (κ3) is 3.70. The van der Waals surface area contributed by atoms with Crippen molar-refractivity contribution < 1.29 is 9.53 Å². The molecular weight excluding hydrogens is 224 g/mol. The molecule has 1 rings (SSSR count). The van der Waals surface area contributed by atoms with Gasteiger partial charge in [-0.25, -0.2) is 0 Å². The highest BCUT2D eigenvalue weighted by Crippen LogP contribution is 2.30. The number of ether oxygens (including phenoxy) is 1. The molecule has 1 N–H and O–H groups in total. The monoisotopic (exact) mass is 244 g/mol. The van der Waals surface area contributed by atoms with Crippen molar-refractivity contribution in [3.05, 3.63) is 0 Å². The van der Waals surface area contributed by atoms with E-state index < -0.39 is 0 Å². The van der Waals surface area contributed by atoms with Gasteiger partial charge in [-0.3, -0.25) is 9.79 Å². The van der Waals surface area contributed by atoms with Crippen LogP contribution >= 0.6 is 11.8 Å². The Morgan fingerprint density at radius 3 is 2.88 bits per heavy atom. The molecule has 0 saturated heterocycles. The SMILES string of the molecule is CCC(CC)C1CN=C(NCC(=O)OC)S1. The van der Waals surface area contributed by atoms with Crippen molar-refractivity contribution in [3.8, 4) is 0 Å². The first kappa shape index (κ1) is 13.4. The minimum atomic E-state index is -0.255. The number of amidine groups is 1. The lowest BCUT2D eigenvalue weighted by atomic mass is 9.99. The Morgan fingerprint density at radius 2 is 2.31 bits per heavy atom. The Labute approximate surface area is 101 Å². The number of thioether (sulfide) groups is 1. The highest BCUT2D eigenvalue weighted by Gasteiger charge is 2.25. The lowest BCUT2D eigenvalue weighted by Gasteiger charge is -2.18. The molecule has 0 fully saturated rings. The second kappa shape index (κ2) is 6.78. The van der Waals surface area contributed by atoms with Crippen LogP contribution in [0.2, 0.25) is 0 Å². The predicted molar refractivity (Wildman–Crippen MR) is 67.8 cm³/mol. The van der Waals surface area contributed by atoms with Gasteiger partial charge in [0.05, 0.1) is 13.7 Å². The number of methoxy groups -OCH3 is 1. The number of carbonyl (C=O) groups is 1. The highest BCUT2D eigenvalue weighted by atomic mass is 32.2. The standard InChI is InChI=1S/C11H20N2O2S/c1-4-8(5-2)9-6-12-11(16-9)13-7-10(14)15-3/h8-9H,4-7H2,1-3H3,(H,12,13). The maximum Gasteiger partial charge on any atom is 0.325 e. The summed E-state index contributed by atoms with van der Waals surface area (Å²) in [7, 11) is 1.39. The number of esters is 1. The zero-order valence-corrected chi connectivity index (χ0v) is 11.0. The van der Waals surface area contributed by atoms with Gasteiger partial charge in [0.2, 0.25) is 0 Å². The van der Waals surface area contributed by atoms with Crippen molar-refractivity contribution in [2.45, 2.75) is 31.9 Å². The van der Waals surface area contributed by atoms with Gasteiger partial charge in [0.25, 0.3) is 0 Å². The average Bonchev–Trinajstić information content (AvgIpc) is 2.76. The molecule has 0 aromatic rings. The summed E-state index contributed by atoms with van der Waals surface area (Å²) < 4.78 is 4.56. The third-order valence-electron chi connectivity index (χ3n) is 2.86. The van der Waals surface area contributed by atoms with Crippen LogP contribution in [-0.4, -0.2) is 36.6 Å². The Bertz CT molecular complexity index is 265. The first-order valence-electron chi connectivity index (χ1n) is 5.73. The molecule has 1 unspecified atom stereocenters. The number of nitrogens with zero attached hydrogens (tertiary/aromatic N) is 1. The number of aliphatic imine (C=N–C) groups is 1. The van der Waals surface area contributed by atoms with Crippen LogP contribution < -0.4 is 5.32 Å². The van der Waals surface area contributed by atoms with Gasteiger partial charge in [-0.05, 0) is 5.92 Å². The third-order valence-corrected chi connectivity index (χ3v) is 4.20. The molecular formula is C11H20N2O2S. The van der Waals surface area contributed by atoms with E-state index in [-0.39, 0.29) is 12.5 Å². The first-order valence-corrected chi connectivity index (χ1v) is 6.61. The smallest absolute Gasteiger partial charge is 0.325 e. The predicted octanol–water partition coefficient (Wildman–Crippen LogP) is 1.66. The molecule has 1 aliphatic rings. The van der Waals surface area contributed by atoms with Crippen LogP contribution in [0, 0.1) is 5.92 Å². The van der Waals surface area contributed by atoms with E-state index in [0.717, 1.165) is 11.7 Å². The van der Waals surface area contributed by atoms with Crippen molar-refractivity contribution in [2.75, 3.05) is 20.2 Å². The Balaban J connectivity index is 2.31. The fourth-order valence-electron chi connectivity index (χ4n) is 1.77. The van der Waals surface area contributed by atoms with Gasteiger partial charge in [0.1, 0.15) is 6.54 Å². The molecule has 0 saturated carbocycles. The summed E-state index contributed by atoms with van der Waals surface area (Å²) in [5.41, 5.74) is 0. The summed E-state index contributed by atoms with van der Waals surface area (Å²) in [5, 5.41) is 4.45. The van der Waals surface area contributed by atoms with Crippen LogP contribution in [0.15, 0.2) is 4.99 Å². The Kier molecular flexibility index (Phi) is 5.66. The van der Waals surface area contributed by atoms with Crippen molar-refractivity contribution in [1.82, 2.24) is 5.32 Å². The highest BCUT2D eigenvalue weighted by molar-refractivity contribution is 8.14. The molecule has 1 aliphatic heterocycles. The maximum atomic E-state index is 10.9. The number of nitrogens with one attached hydrogen (secondary N) is 1. The largest absolute Gasteiger partial charge is 0.468 e. The molecule has 0 spiro atoms. The van der Waals surface area contributed by atoms with Crippen LogP contribution in [0.25, 0.3) is 0 Å². The molecule has 0 aromatic heterocycles. The van der Waals surface area contributed by atoms with E-state index >= 15 is 0 Å². The zero-order valence-electron chi connectivity index (χ0n) is 10.2. The van der Waals surface area contributed by atoms with E-state index in [2.05, 4.69) is 28.9 Å². The van der Waals surface area contributed by atoms with E-state index in [9.17, 15) is 4.79 Å². The normalized spacial score (nSPS) is 19.8. The minimum absolute atomic E-state index is 0.206. The van der Waals surface area contributed by atoms with Crippen molar-refractivity contribution in [1.29, 1.82) is 0 Å². The van der Waals surface area contributed by atoms with Gasteiger partial charge in [0, 0.05) is 5.25 Å². The molecule has 0 aliphatic carbocycles. The first-order chi connectivity index (χ1) is 7.71. The molecule has 5 heteroatoms. The second-order valence-electron chi connectivity index (χ2n) is 3.81. The van der Waals surface area contributed by atoms with Crippen molar-refractivity contribution in [2.24, 2.45) is 10.9 Å². The maximum absolute atomic E-state index is 10.9. The average molecular weight is 244 g/mol. The zero-order chi connectivity index (χ0) is 12.0. The summed E-state index contributed by atoms with van der Waals surface area (Å²) >= 11 is 1.75. The van der Waals surface area contributed by atoms with Gasteiger partial charge in [0.15, 0.2) is 5.17 Å². The van der Waals surface area contributed by atoms with Crippen molar-refractivity contribution >= 4 is 22.9 Å². The molecule has 92 valence electrons. The number of hydrogen-bond donors (Lipinski definition) is 1. The lowest BCUT2D eigenvalue weighted by Crippen LogP contribution is -2.28. The lowest BCUT2D eigenvalue weighted by molar-refractivity contribution is -0.139.